The number of hydrogen-bond acceptors (Lipinski definition) is 5. The van der Waals surface area contributed by atoms with Crippen LogP contribution in [0.15, 0.2) is 12.1 Å². The summed E-state index contributed by atoms with van der Waals surface area (Å²) in [7, 11) is 0. The summed E-state index contributed by atoms with van der Waals surface area (Å²) in [5.41, 5.74) is 2.89. The summed E-state index contributed by atoms with van der Waals surface area (Å²) >= 11 is 7.57. The molecule has 1 saturated heterocycles. The SMILES string of the molecule is CC1CNCCN1c1c(Cl)ccc2nsnc12. The fourth-order valence-electron chi connectivity index (χ4n) is 2.26. The molecule has 0 spiro atoms. The predicted octanol–water partition coefficient (Wildman–Crippen LogP) is 2.14. The summed E-state index contributed by atoms with van der Waals surface area (Å²) in [4.78, 5) is 2.32. The van der Waals surface area contributed by atoms with Gasteiger partial charge >= 0.3 is 0 Å². The van der Waals surface area contributed by atoms with Gasteiger partial charge in [-0.15, -0.1) is 0 Å². The number of fused-ring (bicyclic) bond motifs is 1. The van der Waals surface area contributed by atoms with Crippen molar-refractivity contribution >= 4 is 40.0 Å². The van der Waals surface area contributed by atoms with Gasteiger partial charge in [-0.1, -0.05) is 11.6 Å². The number of piperazine rings is 1. The molecule has 17 heavy (non-hydrogen) atoms. The summed E-state index contributed by atoms with van der Waals surface area (Å²) in [5, 5.41) is 4.14. The molecule has 1 aromatic carbocycles. The van der Waals surface area contributed by atoms with Crippen LogP contribution >= 0.6 is 23.3 Å². The number of nitrogens with zero attached hydrogens (tertiary/aromatic N) is 3. The second kappa shape index (κ2) is 4.40. The third-order valence-electron chi connectivity index (χ3n) is 3.14. The molecule has 0 saturated carbocycles. The van der Waals surface area contributed by atoms with Crippen LogP contribution in [-0.4, -0.2) is 34.4 Å². The molecule has 0 radical (unpaired) electrons. The molecule has 2 heterocycles. The molecule has 1 aromatic heterocycles. The Bertz CT molecular complexity index is 541. The first-order valence-electron chi connectivity index (χ1n) is 5.65. The molecule has 6 heteroatoms. The molecule has 2 aromatic rings. The Morgan fingerprint density at radius 1 is 1.47 bits per heavy atom. The van der Waals surface area contributed by atoms with Gasteiger partial charge in [-0.2, -0.15) is 8.75 Å². The molecule has 0 amide bonds. The summed E-state index contributed by atoms with van der Waals surface area (Å²) in [6.07, 6.45) is 0. The van der Waals surface area contributed by atoms with Gasteiger partial charge in [0.2, 0.25) is 0 Å². The maximum Gasteiger partial charge on any atom is 0.129 e. The molecule has 1 unspecified atom stereocenters. The van der Waals surface area contributed by atoms with Gasteiger partial charge in [0.25, 0.3) is 0 Å². The summed E-state index contributed by atoms with van der Waals surface area (Å²) < 4.78 is 8.64. The lowest BCUT2D eigenvalue weighted by molar-refractivity contribution is 0.502. The van der Waals surface area contributed by atoms with Gasteiger partial charge in [-0.3, -0.25) is 0 Å². The van der Waals surface area contributed by atoms with Gasteiger partial charge < -0.3 is 10.2 Å². The smallest absolute Gasteiger partial charge is 0.129 e. The highest BCUT2D eigenvalue weighted by Gasteiger charge is 2.23. The third kappa shape index (κ3) is 1.88. The van der Waals surface area contributed by atoms with E-state index in [1.54, 1.807) is 0 Å². The van der Waals surface area contributed by atoms with E-state index in [0.717, 1.165) is 41.4 Å². The van der Waals surface area contributed by atoms with E-state index >= 15 is 0 Å². The van der Waals surface area contributed by atoms with Gasteiger partial charge in [0.1, 0.15) is 11.0 Å². The number of aromatic nitrogens is 2. The molecule has 1 aliphatic rings. The van der Waals surface area contributed by atoms with Crippen LogP contribution in [0, 0.1) is 0 Å². The van der Waals surface area contributed by atoms with E-state index in [9.17, 15) is 0 Å². The van der Waals surface area contributed by atoms with E-state index in [2.05, 4.69) is 25.9 Å². The second-order valence-corrected chi connectivity index (χ2v) is 5.21. The van der Waals surface area contributed by atoms with Crippen molar-refractivity contribution in [3.63, 3.8) is 0 Å². The number of benzene rings is 1. The maximum absolute atomic E-state index is 6.33. The Kier molecular flexibility index (Phi) is 2.90. The molecule has 4 nitrogen and oxygen atoms in total. The molecular formula is C11H13ClN4S. The highest BCUT2D eigenvalue weighted by atomic mass is 35.5. The van der Waals surface area contributed by atoms with Gasteiger partial charge in [0, 0.05) is 25.7 Å². The van der Waals surface area contributed by atoms with E-state index < -0.39 is 0 Å². The first-order valence-corrected chi connectivity index (χ1v) is 6.76. The normalized spacial score (nSPS) is 21.1. The first-order chi connectivity index (χ1) is 8.27. The Balaban J connectivity index is 2.14. The summed E-state index contributed by atoms with van der Waals surface area (Å²) in [6, 6.07) is 4.26. The van der Waals surface area contributed by atoms with Gasteiger partial charge in [-0.25, -0.2) is 0 Å². The molecule has 0 bridgehead atoms. The molecule has 1 atom stereocenters. The minimum absolute atomic E-state index is 0.425. The van der Waals surface area contributed by atoms with Crippen LogP contribution in [0.1, 0.15) is 6.92 Å². The minimum atomic E-state index is 0.425. The van der Waals surface area contributed by atoms with E-state index in [-0.39, 0.29) is 0 Å². The number of rotatable bonds is 1. The summed E-state index contributed by atoms with van der Waals surface area (Å²) in [6.45, 7) is 5.11. The second-order valence-electron chi connectivity index (χ2n) is 4.27. The van der Waals surface area contributed by atoms with Gasteiger partial charge in [-0.05, 0) is 19.1 Å². The number of anilines is 1. The first kappa shape index (κ1) is 11.2. The van der Waals surface area contributed by atoms with E-state index in [4.69, 9.17) is 11.6 Å². The fourth-order valence-corrected chi connectivity index (χ4v) is 3.06. The average Bonchev–Trinajstić information content (AvgIpc) is 2.79. The zero-order valence-corrected chi connectivity index (χ0v) is 11.1. The van der Waals surface area contributed by atoms with Crippen molar-refractivity contribution < 1.29 is 0 Å². The molecule has 0 aliphatic carbocycles. The lowest BCUT2D eigenvalue weighted by atomic mass is 10.1. The van der Waals surface area contributed by atoms with Crippen LogP contribution < -0.4 is 10.2 Å². The van der Waals surface area contributed by atoms with Crippen LogP contribution in [0.2, 0.25) is 5.02 Å². The van der Waals surface area contributed by atoms with Crippen LogP contribution in [0.3, 0.4) is 0 Å². The van der Waals surface area contributed by atoms with Gasteiger partial charge in [0.15, 0.2) is 0 Å². The molecule has 1 fully saturated rings. The van der Waals surface area contributed by atoms with E-state index in [1.807, 2.05) is 12.1 Å². The zero-order valence-electron chi connectivity index (χ0n) is 9.48. The standard InChI is InChI=1S/C11H13ClN4S/c1-7-6-13-4-5-16(7)11-8(12)2-3-9-10(11)15-17-14-9/h2-3,7,13H,4-6H2,1H3. The van der Waals surface area contributed by atoms with Crippen molar-refractivity contribution in [2.75, 3.05) is 24.5 Å². The van der Waals surface area contributed by atoms with E-state index in [0.29, 0.717) is 6.04 Å². The predicted molar refractivity (Wildman–Crippen MR) is 72.1 cm³/mol. The zero-order chi connectivity index (χ0) is 11.8. The van der Waals surface area contributed by atoms with Crippen LogP contribution in [-0.2, 0) is 0 Å². The fraction of sp³-hybridized carbons (Fsp3) is 0.455. The largest absolute Gasteiger partial charge is 0.363 e. The molecular weight excluding hydrogens is 256 g/mol. The topological polar surface area (TPSA) is 41.0 Å². The number of hydrogen-bond donors (Lipinski definition) is 1. The third-order valence-corrected chi connectivity index (χ3v) is 3.99. The van der Waals surface area contributed by atoms with Crippen LogP contribution in [0.25, 0.3) is 11.0 Å². The van der Waals surface area contributed by atoms with Crippen molar-refractivity contribution in [2.24, 2.45) is 0 Å². The average molecular weight is 269 g/mol. The number of nitrogens with one attached hydrogen (secondary N) is 1. The Labute approximate surface area is 109 Å². The summed E-state index contributed by atoms with van der Waals surface area (Å²) in [5.74, 6) is 0. The highest BCUT2D eigenvalue weighted by molar-refractivity contribution is 7.00. The lowest BCUT2D eigenvalue weighted by Crippen LogP contribution is -2.50. The number of halogens is 1. The van der Waals surface area contributed by atoms with Gasteiger partial charge in [0.05, 0.1) is 22.4 Å². The Hall–Kier alpha value is -0.910. The van der Waals surface area contributed by atoms with Crippen molar-refractivity contribution in [3.8, 4) is 0 Å². The van der Waals surface area contributed by atoms with Crippen molar-refractivity contribution in [1.29, 1.82) is 0 Å². The Morgan fingerprint density at radius 3 is 3.18 bits per heavy atom. The van der Waals surface area contributed by atoms with Crippen molar-refractivity contribution in [2.45, 2.75) is 13.0 Å². The molecule has 3 rings (SSSR count). The highest BCUT2D eigenvalue weighted by Crippen LogP contribution is 2.34. The lowest BCUT2D eigenvalue weighted by Gasteiger charge is -2.36. The molecule has 1 N–H and O–H groups in total. The Morgan fingerprint density at radius 2 is 2.35 bits per heavy atom. The maximum atomic E-state index is 6.33. The van der Waals surface area contributed by atoms with Crippen molar-refractivity contribution in [1.82, 2.24) is 14.1 Å². The van der Waals surface area contributed by atoms with Crippen LogP contribution in [0.5, 0.6) is 0 Å². The van der Waals surface area contributed by atoms with Crippen LogP contribution in [0.4, 0.5) is 5.69 Å². The minimum Gasteiger partial charge on any atom is -0.363 e. The quantitative estimate of drug-likeness (QED) is 0.860. The van der Waals surface area contributed by atoms with E-state index in [1.165, 1.54) is 11.7 Å². The molecule has 90 valence electrons. The molecule has 1 aliphatic heterocycles. The monoisotopic (exact) mass is 268 g/mol. The van der Waals surface area contributed by atoms with Crippen molar-refractivity contribution in [3.05, 3.63) is 17.2 Å².